The molecule has 0 fully saturated rings. The van der Waals surface area contributed by atoms with Gasteiger partial charge in [-0.1, -0.05) is 19.1 Å². The minimum atomic E-state index is -0.776. The zero-order valence-corrected chi connectivity index (χ0v) is 19.5. The van der Waals surface area contributed by atoms with Crippen molar-refractivity contribution < 1.29 is 19.4 Å². The predicted octanol–water partition coefficient (Wildman–Crippen LogP) is 2.66. The molecule has 3 aromatic rings. The lowest BCUT2D eigenvalue weighted by atomic mass is 9.98. The lowest BCUT2D eigenvalue weighted by molar-refractivity contribution is -0.132. The van der Waals surface area contributed by atoms with Crippen molar-refractivity contribution in [3.05, 3.63) is 79.5 Å². The highest BCUT2D eigenvalue weighted by atomic mass is 16.7. The summed E-state index contributed by atoms with van der Waals surface area (Å²) in [5.74, 6) is 0.388. The SMILES string of the molecule is CCC(=O)N1N=C(c2c(O)n(-c3cc(C)cc(C)c3)c(=O)[nH]c2=O)CC1c1ccc2c(c1)OCO2. The molecule has 0 radical (unpaired) electrons. The van der Waals surface area contributed by atoms with Crippen LogP contribution in [0.4, 0.5) is 0 Å². The minimum Gasteiger partial charge on any atom is -0.493 e. The first kappa shape index (κ1) is 22.5. The molecule has 0 spiro atoms. The summed E-state index contributed by atoms with van der Waals surface area (Å²) in [5.41, 5.74) is 1.44. The number of nitrogens with one attached hydrogen (secondary N) is 1. The molecule has 0 bridgehead atoms. The fourth-order valence-electron chi connectivity index (χ4n) is 4.54. The molecule has 2 aromatic carbocycles. The number of carbonyl (C=O) groups excluding carboxylic acids is 1. The maximum absolute atomic E-state index is 12.9. The summed E-state index contributed by atoms with van der Waals surface area (Å²) < 4.78 is 11.9. The first-order valence-electron chi connectivity index (χ1n) is 11.2. The highest BCUT2D eigenvalue weighted by Gasteiger charge is 2.36. The molecule has 1 unspecified atom stereocenters. The van der Waals surface area contributed by atoms with Crippen LogP contribution in [0.3, 0.4) is 0 Å². The Morgan fingerprint density at radius 1 is 1.11 bits per heavy atom. The first-order valence-corrected chi connectivity index (χ1v) is 11.2. The molecule has 10 nitrogen and oxygen atoms in total. The summed E-state index contributed by atoms with van der Waals surface area (Å²) >= 11 is 0. The van der Waals surface area contributed by atoms with Crippen molar-refractivity contribution in [2.45, 2.75) is 39.7 Å². The highest BCUT2D eigenvalue weighted by molar-refractivity contribution is 6.04. The minimum absolute atomic E-state index is 0.117. The number of carbonyl (C=O) groups is 1. The van der Waals surface area contributed by atoms with Crippen LogP contribution < -0.4 is 20.7 Å². The number of rotatable bonds is 4. The summed E-state index contributed by atoms with van der Waals surface area (Å²) in [6, 6.07) is 10.2. The van der Waals surface area contributed by atoms with E-state index in [4.69, 9.17) is 9.47 Å². The van der Waals surface area contributed by atoms with Crippen molar-refractivity contribution in [3.8, 4) is 23.1 Å². The number of hydrazone groups is 1. The van der Waals surface area contributed by atoms with Gasteiger partial charge in [0.2, 0.25) is 18.6 Å². The van der Waals surface area contributed by atoms with Crippen molar-refractivity contribution >= 4 is 11.6 Å². The second kappa shape index (κ2) is 8.46. The number of amides is 1. The molecule has 0 aliphatic carbocycles. The van der Waals surface area contributed by atoms with Gasteiger partial charge in [0.1, 0.15) is 5.56 Å². The monoisotopic (exact) mass is 476 g/mol. The fraction of sp³-hybridized carbons (Fsp3) is 0.280. The van der Waals surface area contributed by atoms with E-state index >= 15 is 0 Å². The molecule has 1 amide bonds. The largest absolute Gasteiger partial charge is 0.493 e. The molecule has 2 aliphatic heterocycles. The van der Waals surface area contributed by atoms with Crippen LogP contribution in [-0.4, -0.2) is 38.1 Å². The standard InChI is InChI=1S/C25H24N4O6/c1-4-21(30)29-18(15-5-6-19-20(10-15)35-12-34-19)11-17(27-29)22-23(31)26-25(33)28(24(22)32)16-8-13(2)7-14(3)9-16/h5-10,18,32H,4,11-12H2,1-3H3,(H,26,31,33). The number of aromatic hydroxyl groups is 1. The summed E-state index contributed by atoms with van der Waals surface area (Å²) in [6.45, 7) is 5.58. The summed E-state index contributed by atoms with van der Waals surface area (Å²) in [7, 11) is 0. The van der Waals surface area contributed by atoms with Gasteiger partial charge in [-0.15, -0.1) is 0 Å². The Labute approximate surface area is 200 Å². The van der Waals surface area contributed by atoms with Gasteiger partial charge < -0.3 is 14.6 Å². The third-order valence-corrected chi connectivity index (χ3v) is 6.09. The summed E-state index contributed by atoms with van der Waals surface area (Å²) in [6.07, 6.45) is 0.356. The number of aryl methyl sites for hydroxylation is 2. The zero-order valence-electron chi connectivity index (χ0n) is 19.5. The number of aromatic nitrogens is 2. The number of fused-ring (bicyclic) bond motifs is 1. The Kier molecular flexibility index (Phi) is 5.43. The zero-order chi connectivity index (χ0) is 24.9. The van der Waals surface area contributed by atoms with Gasteiger partial charge in [-0.25, -0.2) is 14.4 Å². The van der Waals surface area contributed by atoms with Crippen LogP contribution in [0.2, 0.25) is 0 Å². The van der Waals surface area contributed by atoms with Crippen molar-refractivity contribution in [1.29, 1.82) is 0 Å². The Hall–Kier alpha value is -4.34. The predicted molar refractivity (Wildman–Crippen MR) is 127 cm³/mol. The van der Waals surface area contributed by atoms with Crippen LogP contribution in [0.5, 0.6) is 17.4 Å². The Morgan fingerprint density at radius 3 is 2.54 bits per heavy atom. The smallest absolute Gasteiger partial charge is 0.335 e. The maximum atomic E-state index is 12.9. The maximum Gasteiger partial charge on any atom is 0.335 e. The van der Waals surface area contributed by atoms with Crippen LogP contribution in [-0.2, 0) is 4.79 Å². The molecule has 180 valence electrons. The van der Waals surface area contributed by atoms with E-state index in [1.165, 1.54) is 5.01 Å². The molecule has 2 aliphatic rings. The highest BCUT2D eigenvalue weighted by Crippen LogP contribution is 2.39. The molecule has 1 aromatic heterocycles. The van der Waals surface area contributed by atoms with Gasteiger partial charge in [0.15, 0.2) is 11.5 Å². The van der Waals surface area contributed by atoms with E-state index in [1.54, 1.807) is 31.2 Å². The molecule has 1 atom stereocenters. The first-order chi connectivity index (χ1) is 16.8. The van der Waals surface area contributed by atoms with Crippen LogP contribution >= 0.6 is 0 Å². The van der Waals surface area contributed by atoms with Crippen molar-refractivity contribution in [1.82, 2.24) is 14.6 Å². The van der Waals surface area contributed by atoms with Gasteiger partial charge in [-0.05, 0) is 54.8 Å². The molecular formula is C25H24N4O6. The third kappa shape index (κ3) is 3.86. The Bertz CT molecular complexity index is 1480. The second-order valence-corrected chi connectivity index (χ2v) is 8.61. The lowest BCUT2D eigenvalue weighted by Gasteiger charge is -2.21. The van der Waals surface area contributed by atoms with E-state index in [9.17, 15) is 19.5 Å². The molecule has 10 heteroatoms. The molecule has 2 N–H and O–H groups in total. The quantitative estimate of drug-likeness (QED) is 0.596. The number of aromatic amines is 1. The number of benzene rings is 2. The number of H-pyrrole nitrogens is 1. The average molecular weight is 476 g/mol. The third-order valence-electron chi connectivity index (χ3n) is 6.09. The van der Waals surface area contributed by atoms with Crippen molar-refractivity contribution in [2.75, 3.05) is 6.79 Å². The lowest BCUT2D eigenvalue weighted by Crippen LogP contribution is -2.33. The van der Waals surface area contributed by atoms with E-state index < -0.39 is 23.2 Å². The van der Waals surface area contributed by atoms with Gasteiger partial charge in [0.25, 0.3) is 5.56 Å². The van der Waals surface area contributed by atoms with Gasteiger partial charge >= 0.3 is 5.69 Å². The average Bonchev–Trinajstić information content (AvgIpc) is 3.44. The van der Waals surface area contributed by atoms with Gasteiger partial charge in [0.05, 0.1) is 17.4 Å². The van der Waals surface area contributed by atoms with E-state index in [0.29, 0.717) is 17.2 Å². The molecule has 35 heavy (non-hydrogen) atoms. The van der Waals surface area contributed by atoms with Crippen molar-refractivity contribution in [3.63, 3.8) is 0 Å². The van der Waals surface area contributed by atoms with E-state index in [2.05, 4.69) is 10.1 Å². The van der Waals surface area contributed by atoms with Gasteiger partial charge in [-0.2, -0.15) is 5.10 Å². The Balaban J connectivity index is 1.62. The normalized spacial score (nSPS) is 16.5. The van der Waals surface area contributed by atoms with E-state index in [-0.39, 0.29) is 36.8 Å². The Morgan fingerprint density at radius 2 is 1.83 bits per heavy atom. The molecule has 0 saturated heterocycles. The van der Waals surface area contributed by atoms with Gasteiger partial charge in [-0.3, -0.25) is 14.6 Å². The van der Waals surface area contributed by atoms with Crippen LogP contribution in [0.15, 0.2) is 51.1 Å². The molecule has 5 rings (SSSR count). The number of hydrogen-bond donors (Lipinski definition) is 2. The van der Waals surface area contributed by atoms with Gasteiger partial charge in [0, 0.05) is 12.8 Å². The van der Waals surface area contributed by atoms with Crippen LogP contribution in [0.1, 0.15) is 48.1 Å². The summed E-state index contributed by atoms with van der Waals surface area (Å²) in [4.78, 5) is 40.6. The van der Waals surface area contributed by atoms with E-state index in [0.717, 1.165) is 21.3 Å². The van der Waals surface area contributed by atoms with Crippen LogP contribution in [0, 0.1) is 13.8 Å². The molecule has 0 saturated carbocycles. The summed E-state index contributed by atoms with van der Waals surface area (Å²) in [5, 5.41) is 16.9. The second-order valence-electron chi connectivity index (χ2n) is 8.61. The fourth-order valence-corrected chi connectivity index (χ4v) is 4.54. The topological polar surface area (TPSA) is 126 Å². The number of nitrogens with zero attached hydrogens (tertiary/aromatic N) is 3. The van der Waals surface area contributed by atoms with Crippen LogP contribution in [0.25, 0.3) is 5.69 Å². The van der Waals surface area contributed by atoms with Crippen molar-refractivity contribution in [2.24, 2.45) is 5.10 Å². The molecule has 3 heterocycles. The molecular weight excluding hydrogens is 452 g/mol. The van der Waals surface area contributed by atoms with E-state index in [1.807, 2.05) is 26.0 Å². The number of hydrogen-bond acceptors (Lipinski definition) is 7. The number of ether oxygens (including phenoxy) is 2.